The Morgan fingerprint density at radius 1 is 1.64 bits per heavy atom. The van der Waals surface area contributed by atoms with Gasteiger partial charge in [-0.3, -0.25) is 4.79 Å². The molecule has 0 aromatic carbocycles. The molecule has 0 aliphatic carbocycles. The van der Waals surface area contributed by atoms with Gasteiger partial charge in [-0.05, 0) is 5.92 Å². The molecule has 76 valence electrons. The first-order valence-corrected chi connectivity index (χ1v) is 4.18. The average molecular weight is 197 g/mol. The first-order chi connectivity index (χ1) is 6.56. The van der Waals surface area contributed by atoms with Crippen molar-refractivity contribution >= 4 is 12.3 Å². The second kappa shape index (κ2) is 3.99. The molecular formula is C8H11N3O3. The summed E-state index contributed by atoms with van der Waals surface area (Å²) in [6.45, 7) is 4.36. The normalized spacial score (nSPS) is 10.5. The highest BCUT2D eigenvalue weighted by Crippen LogP contribution is 2.05. The van der Waals surface area contributed by atoms with Crippen LogP contribution < -0.4 is 0 Å². The van der Waals surface area contributed by atoms with Crippen LogP contribution in [0, 0.1) is 5.92 Å². The molecule has 0 radical (unpaired) electrons. The van der Waals surface area contributed by atoms with E-state index in [2.05, 4.69) is 10.3 Å². The number of hydrogen-bond donors (Lipinski definition) is 1. The van der Waals surface area contributed by atoms with E-state index in [1.54, 1.807) is 0 Å². The average Bonchev–Trinajstić information content (AvgIpc) is 2.46. The minimum atomic E-state index is -1.23. The third-order valence-electron chi connectivity index (χ3n) is 1.63. The topological polar surface area (TPSA) is 85.1 Å². The van der Waals surface area contributed by atoms with E-state index in [4.69, 9.17) is 5.11 Å². The summed E-state index contributed by atoms with van der Waals surface area (Å²) in [5, 5.41) is 15.7. The molecule has 0 spiro atoms. The molecule has 6 nitrogen and oxygen atoms in total. The molecule has 0 amide bonds. The lowest BCUT2D eigenvalue weighted by molar-refractivity contribution is 0.0687. The van der Waals surface area contributed by atoms with Crippen molar-refractivity contribution in [3.8, 4) is 0 Å². The second-order valence-corrected chi connectivity index (χ2v) is 3.32. The summed E-state index contributed by atoms with van der Waals surface area (Å²) in [5.74, 6) is -0.959. The van der Waals surface area contributed by atoms with Crippen molar-refractivity contribution in [1.82, 2.24) is 15.0 Å². The van der Waals surface area contributed by atoms with E-state index in [9.17, 15) is 9.59 Å². The van der Waals surface area contributed by atoms with E-state index in [1.807, 2.05) is 13.8 Å². The zero-order valence-electron chi connectivity index (χ0n) is 7.97. The maximum atomic E-state index is 10.6. The van der Waals surface area contributed by atoms with E-state index in [1.165, 1.54) is 4.68 Å². The fourth-order valence-electron chi connectivity index (χ4n) is 1.07. The Balaban J connectivity index is 3.07. The number of carbonyl (C=O) groups excluding carboxylic acids is 1. The highest BCUT2D eigenvalue weighted by molar-refractivity contribution is 5.93. The summed E-state index contributed by atoms with van der Waals surface area (Å²) in [6.07, 6.45) is 0.464. The van der Waals surface area contributed by atoms with Crippen molar-refractivity contribution in [2.75, 3.05) is 0 Å². The molecule has 0 atom stereocenters. The summed E-state index contributed by atoms with van der Waals surface area (Å²) >= 11 is 0. The molecule has 0 unspecified atom stereocenters. The van der Waals surface area contributed by atoms with Gasteiger partial charge in [0, 0.05) is 6.54 Å². The minimum Gasteiger partial charge on any atom is -0.476 e. The quantitative estimate of drug-likeness (QED) is 0.708. The van der Waals surface area contributed by atoms with Crippen molar-refractivity contribution in [2.24, 2.45) is 5.92 Å². The van der Waals surface area contributed by atoms with Crippen LogP contribution >= 0.6 is 0 Å². The van der Waals surface area contributed by atoms with Gasteiger partial charge in [-0.25, -0.2) is 9.48 Å². The van der Waals surface area contributed by atoms with Gasteiger partial charge in [-0.2, -0.15) is 0 Å². The third kappa shape index (κ3) is 1.95. The summed E-state index contributed by atoms with van der Waals surface area (Å²) in [7, 11) is 0. The van der Waals surface area contributed by atoms with Gasteiger partial charge in [0.2, 0.25) is 5.69 Å². The number of carboxylic acid groups (broad SMARTS) is 1. The lowest BCUT2D eigenvalue weighted by Crippen LogP contribution is -2.11. The highest BCUT2D eigenvalue weighted by Gasteiger charge is 2.18. The molecule has 0 saturated carbocycles. The van der Waals surface area contributed by atoms with Gasteiger partial charge in [-0.1, -0.05) is 19.1 Å². The van der Waals surface area contributed by atoms with E-state index in [-0.39, 0.29) is 17.3 Å². The molecule has 1 heterocycles. The van der Waals surface area contributed by atoms with Gasteiger partial charge in [-0.15, -0.1) is 5.10 Å². The Bertz CT molecular complexity index is 357. The van der Waals surface area contributed by atoms with Crippen molar-refractivity contribution in [1.29, 1.82) is 0 Å². The van der Waals surface area contributed by atoms with Crippen LogP contribution in [-0.4, -0.2) is 32.4 Å². The van der Waals surface area contributed by atoms with E-state index in [0.29, 0.717) is 12.8 Å². The summed E-state index contributed by atoms with van der Waals surface area (Å²) < 4.78 is 1.31. The van der Waals surface area contributed by atoms with Crippen LogP contribution in [0.15, 0.2) is 0 Å². The predicted octanol–water partition coefficient (Wildman–Crippen LogP) is 0.445. The molecule has 0 fully saturated rings. The maximum Gasteiger partial charge on any atom is 0.358 e. The smallest absolute Gasteiger partial charge is 0.358 e. The Labute approximate surface area is 80.5 Å². The zero-order chi connectivity index (χ0) is 10.7. The van der Waals surface area contributed by atoms with Crippen molar-refractivity contribution < 1.29 is 14.7 Å². The van der Waals surface area contributed by atoms with Crippen LogP contribution in [0.5, 0.6) is 0 Å². The lowest BCUT2D eigenvalue weighted by atomic mass is 10.2. The molecule has 0 aliphatic rings. The molecule has 1 aromatic heterocycles. The van der Waals surface area contributed by atoms with Crippen molar-refractivity contribution in [2.45, 2.75) is 20.4 Å². The molecular weight excluding hydrogens is 186 g/mol. The number of nitrogens with zero attached hydrogens (tertiary/aromatic N) is 3. The van der Waals surface area contributed by atoms with Crippen LogP contribution in [0.3, 0.4) is 0 Å². The summed E-state index contributed by atoms with van der Waals surface area (Å²) in [5.41, 5.74) is -0.271. The fourth-order valence-corrected chi connectivity index (χ4v) is 1.07. The van der Waals surface area contributed by atoms with E-state index >= 15 is 0 Å². The van der Waals surface area contributed by atoms with Crippen LogP contribution in [0.2, 0.25) is 0 Å². The van der Waals surface area contributed by atoms with Crippen LogP contribution in [0.4, 0.5) is 0 Å². The number of aromatic nitrogens is 3. The van der Waals surface area contributed by atoms with Crippen LogP contribution in [0.1, 0.15) is 34.8 Å². The van der Waals surface area contributed by atoms with Crippen LogP contribution in [-0.2, 0) is 6.54 Å². The standard InChI is InChI=1S/C8H11N3O3/c1-5(2)3-11-6(4-12)7(8(13)14)9-10-11/h4-5H,3H2,1-2H3,(H,13,14). The zero-order valence-corrected chi connectivity index (χ0v) is 7.97. The van der Waals surface area contributed by atoms with Gasteiger partial charge in [0.1, 0.15) is 5.69 Å². The molecule has 0 bridgehead atoms. The summed E-state index contributed by atoms with van der Waals surface area (Å²) in [6, 6.07) is 0. The van der Waals surface area contributed by atoms with Crippen LogP contribution in [0.25, 0.3) is 0 Å². The van der Waals surface area contributed by atoms with Gasteiger partial charge < -0.3 is 5.11 Å². The Kier molecular flexibility index (Phi) is 2.95. The van der Waals surface area contributed by atoms with Crippen molar-refractivity contribution in [3.05, 3.63) is 11.4 Å². The maximum absolute atomic E-state index is 10.6. The fraction of sp³-hybridized carbons (Fsp3) is 0.500. The predicted molar refractivity (Wildman–Crippen MR) is 47.2 cm³/mol. The Morgan fingerprint density at radius 2 is 2.29 bits per heavy atom. The largest absolute Gasteiger partial charge is 0.476 e. The Hall–Kier alpha value is -1.72. The van der Waals surface area contributed by atoms with Gasteiger partial charge in [0.15, 0.2) is 6.29 Å². The first-order valence-electron chi connectivity index (χ1n) is 4.18. The highest BCUT2D eigenvalue weighted by atomic mass is 16.4. The number of carboxylic acids is 1. The van der Waals surface area contributed by atoms with E-state index in [0.717, 1.165) is 0 Å². The van der Waals surface area contributed by atoms with Gasteiger partial charge in [0.05, 0.1) is 0 Å². The molecule has 1 rings (SSSR count). The number of aromatic carboxylic acids is 1. The molecule has 0 aliphatic heterocycles. The Morgan fingerprint density at radius 3 is 2.71 bits per heavy atom. The minimum absolute atomic E-state index is 0.0196. The molecule has 14 heavy (non-hydrogen) atoms. The monoisotopic (exact) mass is 197 g/mol. The lowest BCUT2D eigenvalue weighted by Gasteiger charge is -2.04. The van der Waals surface area contributed by atoms with Crippen molar-refractivity contribution in [3.63, 3.8) is 0 Å². The van der Waals surface area contributed by atoms with E-state index < -0.39 is 5.97 Å². The molecule has 1 aromatic rings. The number of aldehydes is 1. The molecule has 6 heteroatoms. The third-order valence-corrected chi connectivity index (χ3v) is 1.63. The van der Waals surface area contributed by atoms with Gasteiger partial charge in [0.25, 0.3) is 0 Å². The SMILES string of the molecule is CC(C)Cn1nnc(C(=O)O)c1C=O. The molecule has 0 saturated heterocycles. The number of hydrogen-bond acceptors (Lipinski definition) is 4. The molecule has 1 N–H and O–H groups in total. The number of carbonyl (C=O) groups is 2. The second-order valence-electron chi connectivity index (χ2n) is 3.32. The first kappa shape index (κ1) is 10.4. The summed E-state index contributed by atoms with van der Waals surface area (Å²) in [4.78, 5) is 21.2. The number of rotatable bonds is 4. The van der Waals surface area contributed by atoms with Gasteiger partial charge >= 0.3 is 5.97 Å².